The maximum atomic E-state index is 13.1. The van der Waals surface area contributed by atoms with Crippen molar-refractivity contribution in [2.45, 2.75) is 52.0 Å². The molecule has 34 heavy (non-hydrogen) atoms. The van der Waals surface area contributed by atoms with Crippen LogP contribution < -0.4 is 5.32 Å². The van der Waals surface area contributed by atoms with Crippen molar-refractivity contribution in [1.29, 1.82) is 0 Å². The van der Waals surface area contributed by atoms with Crippen LogP contribution in [0.3, 0.4) is 0 Å². The Balaban J connectivity index is 1.35. The Hall–Kier alpha value is -2.97. The molecule has 8 nitrogen and oxygen atoms in total. The first-order valence-corrected chi connectivity index (χ1v) is 12.2. The van der Waals surface area contributed by atoms with E-state index in [9.17, 15) is 10.0 Å². The predicted octanol–water partition coefficient (Wildman–Crippen LogP) is 4.21. The Morgan fingerprint density at radius 3 is 2.74 bits per heavy atom. The molecule has 5 rings (SSSR count). The molecule has 3 heterocycles. The van der Waals surface area contributed by atoms with Gasteiger partial charge in [0.1, 0.15) is 13.1 Å². The summed E-state index contributed by atoms with van der Waals surface area (Å²) in [6.07, 6.45) is 8.26. The van der Waals surface area contributed by atoms with E-state index >= 15 is 0 Å². The Morgan fingerprint density at radius 2 is 2.00 bits per heavy atom. The van der Waals surface area contributed by atoms with Crippen LogP contribution in [-0.4, -0.2) is 55.9 Å². The molecule has 0 spiro atoms. The van der Waals surface area contributed by atoms with Crippen LogP contribution in [0.5, 0.6) is 0 Å². The number of hydrogen-bond donors (Lipinski definition) is 3. The number of hydroxylamine groups is 3. The van der Waals surface area contributed by atoms with Gasteiger partial charge in [0, 0.05) is 30.3 Å². The maximum absolute atomic E-state index is 13.1. The molecule has 1 unspecified atom stereocenters. The van der Waals surface area contributed by atoms with Crippen molar-refractivity contribution in [3.63, 3.8) is 0 Å². The lowest BCUT2D eigenvalue weighted by Crippen LogP contribution is -2.48. The third-order valence-corrected chi connectivity index (χ3v) is 7.57. The molecular formula is C26H35N6O2+. The Labute approximate surface area is 200 Å². The molecular weight excluding hydrogens is 428 g/mol. The third-order valence-electron chi connectivity index (χ3n) is 7.57. The van der Waals surface area contributed by atoms with E-state index in [1.807, 2.05) is 36.1 Å². The zero-order valence-corrected chi connectivity index (χ0v) is 20.3. The van der Waals surface area contributed by atoms with Gasteiger partial charge < -0.3 is 5.32 Å². The first-order chi connectivity index (χ1) is 16.2. The summed E-state index contributed by atoms with van der Waals surface area (Å²) in [7, 11) is 1.87. The van der Waals surface area contributed by atoms with Crippen molar-refractivity contribution in [3.05, 3.63) is 65.2 Å². The van der Waals surface area contributed by atoms with Crippen molar-refractivity contribution in [1.82, 2.24) is 20.0 Å². The van der Waals surface area contributed by atoms with Crippen molar-refractivity contribution in [3.8, 4) is 0 Å². The molecule has 0 saturated carbocycles. The number of H-pyrrole nitrogens is 1. The summed E-state index contributed by atoms with van der Waals surface area (Å²) in [5.74, 6) is 0.157. The molecule has 1 aromatic carbocycles. The van der Waals surface area contributed by atoms with E-state index in [-0.39, 0.29) is 22.0 Å². The van der Waals surface area contributed by atoms with Gasteiger partial charge >= 0.3 is 0 Å². The lowest BCUT2D eigenvalue weighted by atomic mass is 9.76. The summed E-state index contributed by atoms with van der Waals surface area (Å²) in [6.45, 7) is 5.95. The van der Waals surface area contributed by atoms with Gasteiger partial charge in [-0.15, -0.1) is 0 Å². The van der Waals surface area contributed by atoms with Crippen LogP contribution in [0.1, 0.15) is 66.5 Å². The lowest BCUT2D eigenvalue weighted by Gasteiger charge is -2.37. The van der Waals surface area contributed by atoms with Gasteiger partial charge in [0.15, 0.2) is 5.69 Å². The maximum Gasteiger partial charge on any atom is 0.276 e. The van der Waals surface area contributed by atoms with E-state index in [1.54, 1.807) is 6.20 Å². The molecule has 1 atom stereocenters. The van der Waals surface area contributed by atoms with Gasteiger partial charge in [0.05, 0.1) is 25.0 Å². The van der Waals surface area contributed by atoms with Crippen LogP contribution >= 0.6 is 0 Å². The summed E-state index contributed by atoms with van der Waals surface area (Å²) in [6, 6.07) is 10.4. The Bertz CT molecular complexity index is 1150. The van der Waals surface area contributed by atoms with Crippen LogP contribution in [0, 0.1) is 11.3 Å². The summed E-state index contributed by atoms with van der Waals surface area (Å²) in [4.78, 5) is 13.1. The van der Waals surface area contributed by atoms with Gasteiger partial charge in [0.25, 0.3) is 5.91 Å². The molecule has 1 saturated heterocycles. The zero-order valence-electron chi connectivity index (χ0n) is 20.3. The fourth-order valence-electron chi connectivity index (χ4n) is 5.53. The quantitative estimate of drug-likeness (QED) is 0.494. The van der Waals surface area contributed by atoms with E-state index in [0.717, 1.165) is 56.5 Å². The minimum Gasteiger partial charge on any atom is -0.318 e. The molecule has 3 N–H and O–H groups in total. The number of quaternary nitrogens is 1. The van der Waals surface area contributed by atoms with Crippen molar-refractivity contribution >= 4 is 11.6 Å². The van der Waals surface area contributed by atoms with E-state index < -0.39 is 0 Å². The van der Waals surface area contributed by atoms with E-state index in [1.165, 1.54) is 5.56 Å². The lowest BCUT2D eigenvalue weighted by molar-refractivity contribution is -1.09. The van der Waals surface area contributed by atoms with Gasteiger partial charge in [0.2, 0.25) is 0 Å². The standard InChI is InChI=1S/C26H34N6O2/c1-26(2)12-9-21-22(15-26)29-30-23(21)25(33)28-20-16-27-31(17-20)24(18-7-5-4-6-8-18)19-10-13-32(3,34)14-11-19/h4-8,16-17,19,24,34H,9-15H2,1-3H3,(H-,28,29,30,33)/p+1. The highest BCUT2D eigenvalue weighted by atomic mass is 16.5. The molecule has 180 valence electrons. The number of benzene rings is 1. The zero-order chi connectivity index (χ0) is 23.9. The van der Waals surface area contributed by atoms with Crippen molar-refractivity contribution in [2.75, 3.05) is 25.5 Å². The van der Waals surface area contributed by atoms with E-state index in [2.05, 4.69) is 46.6 Å². The van der Waals surface area contributed by atoms with Crippen molar-refractivity contribution in [2.24, 2.45) is 11.3 Å². The summed E-state index contributed by atoms with van der Waals surface area (Å²) in [5.41, 5.74) is 4.69. The SMILES string of the molecule is CC1(C)CCc2c(C(=O)Nc3cnn(C(c4ccccc4)C4CC[N+](C)(O)CC4)c3)n[nH]c2C1. The summed E-state index contributed by atoms with van der Waals surface area (Å²) < 4.78 is 2.04. The molecule has 1 aliphatic carbocycles. The Morgan fingerprint density at radius 1 is 1.26 bits per heavy atom. The highest BCUT2D eigenvalue weighted by Gasteiger charge is 2.35. The van der Waals surface area contributed by atoms with Gasteiger partial charge in [-0.05, 0) is 36.2 Å². The fourth-order valence-corrected chi connectivity index (χ4v) is 5.53. The Kier molecular flexibility index (Phi) is 5.81. The second-order valence-electron chi connectivity index (χ2n) is 11.0. The first-order valence-electron chi connectivity index (χ1n) is 12.2. The van der Waals surface area contributed by atoms with Gasteiger partial charge in [-0.1, -0.05) is 44.2 Å². The number of carbonyl (C=O) groups excluding carboxylic acids is 1. The number of anilines is 1. The van der Waals surface area contributed by atoms with Gasteiger partial charge in [-0.25, -0.2) is 5.21 Å². The predicted molar refractivity (Wildman–Crippen MR) is 130 cm³/mol. The second-order valence-corrected chi connectivity index (χ2v) is 11.0. The normalized spacial score (nSPS) is 24.9. The number of aromatic nitrogens is 4. The minimum atomic E-state index is -0.195. The molecule has 1 amide bonds. The number of hydrogen-bond acceptors (Lipinski definition) is 4. The number of likely N-dealkylation sites (tertiary alicyclic amines) is 1. The average molecular weight is 464 g/mol. The van der Waals surface area contributed by atoms with Crippen LogP contribution in [0.25, 0.3) is 0 Å². The topological polar surface area (TPSA) is 95.8 Å². The minimum absolute atomic E-state index is 0.0486. The molecule has 8 heteroatoms. The van der Waals surface area contributed by atoms with Gasteiger partial charge in [-0.3, -0.25) is 14.6 Å². The highest BCUT2D eigenvalue weighted by molar-refractivity contribution is 6.03. The molecule has 3 aromatic rings. The first kappa shape index (κ1) is 22.8. The number of fused-ring (bicyclic) bond motifs is 1. The third kappa shape index (κ3) is 4.65. The number of amides is 1. The van der Waals surface area contributed by atoms with E-state index in [4.69, 9.17) is 0 Å². The van der Waals surface area contributed by atoms with Crippen LogP contribution in [0.4, 0.5) is 5.69 Å². The summed E-state index contributed by atoms with van der Waals surface area (Å²) >= 11 is 0. The van der Waals surface area contributed by atoms with Crippen LogP contribution in [-0.2, 0) is 12.8 Å². The van der Waals surface area contributed by atoms with Crippen LogP contribution in [0.2, 0.25) is 0 Å². The van der Waals surface area contributed by atoms with Gasteiger partial charge in [-0.2, -0.15) is 14.8 Å². The number of nitrogens with zero attached hydrogens (tertiary/aromatic N) is 4. The number of piperidine rings is 1. The molecule has 0 bridgehead atoms. The number of carbonyl (C=O) groups is 1. The average Bonchev–Trinajstić information content (AvgIpc) is 3.42. The molecule has 0 radical (unpaired) electrons. The van der Waals surface area contributed by atoms with Crippen molar-refractivity contribution < 1.29 is 14.6 Å². The molecule has 2 aliphatic rings. The fraction of sp³-hybridized carbons (Fsp3) is 0.500. The number of aromatic amines is 1. The smallest absolute Gasteiger partial charge is 0.276 e. The molecule has 1 fully saturated rings. The summed E-state index contributed by atoms with van der Waals surface area (Å²) in [5, 5.41) is 25.5. The number of rotatable bonds is 5. The number of nitrogens with one attached hydrogen (secondary N) is 2. The van der Waals surface area contributed by atoms with E-state index in [0.29, 0.717) is 17.3 Å². The monoisotopic (exact) mass is 463 g/mol. The largest absolute Gasteiger partial charge is 0.318 e. The molecule has 2 aromatic heterocycles. The highest BCUT2D eigenvalue weighted by Crippen LogP contribution is 2.36. The van der Waals surface area contributed by atoms with Crippen LogP contribution in [0.15, 0.2) is 42.7 Å². The molecule has 1 aliphatic heterocycles. The second kappa shape index (κ2) is 8.67.